The zero-order valence-corrected chi connectivity index (χ0v) is 14.9. The number of halogens is 1. The fraction of sp³-hybridized carbons (Fsp3) is 0.250. The van der Waals surface area contributed by atoms with Crippen molar-refractivity contribution in [2.24, 2.45) is 0 Å². The van der Waals surface area contributed by atoms with Crippen LogP contribution in [-0.2, 0) is 27.9 Å². The van der Waals surface area contributed by atoms with Gasteiger partial charge in [0.25, 0.3) is 0 Å². The Kier molecular flexibility index (Phi) is 5.74. The van der Waals surface area contributed by atoms with Crippen LogP contribution < -0.4 is 4.72 Å². The summed E-state index contributed by atoms with van der Waals surface area (Å²) in [6, 6.07) is 12.9. The number of hydrogen-bond donors (Lipinski definition) is 1. The Labute approximate surface area is 139 Å². The number of benzene rings is 2. The van der Waals surface area contributed by atoms with Crippen LogP contribution in [0.2, 0.25) is 0 Å². The first-order valence-electron chi connectivity index (χ1n) is 6.75. The number of ether oxygens (including phenoxy) is 1. The SMILES string of the molecule is COCc1cccc(CNS(=O)(=O)c2cc(Br)ccc2C)c1. The van der Waals surface area contributed by atoms with Crippen molar-refractivity contribution in [2.75, 3.05) is 7.11 Å². The van der Waals surface area contributed by atoms with Crippen molar-refractivity contribution in [3.8, 4) is 0 Å². The molecule has 2 aromatic carbocycles. The number of nitrogens with one attached hydrogen (secondary N) is 1. The average Bonchev–Trinajstić information content (AvgIpc) is 2.48. The van der Waals surface area contributed by atoms with E-state index in [1.165, 1.54) is 0 Å². The zero-order valence-electron chi connectivity index (χ0n) is 12.5. The lowest BCUT2D eigenvalue weighted by molar-refractivity contribution is 0.185. The molecular formula is C16H18BrNO3S. The molecule has 0 saturated carbocycles. The first-order chi connectivity index (χ1) is 10.4. The van der Waals surface area contributed by atoms with Crippen LogP contribution in [0.1, 0.15) is 16.7 Å². The van der Waals surface area contributed by atoms with Gasteiger partial charge in [-0.05, 0) is 35.7 Å². The molecule has 0 saturated heterocycles. The van der Waals surface area contributed by atoms with E-state index in [9.17, 15) is 8.42 Å². The summed E-state index contributed by atoms with van der Waals surface area (Å²) in [4.78, 5) is 0.287. The van der Waals surface area contributed by atoms with E-state index in [2.05, 4.69) is 20.7 Å². The summed E-state index contributed by atoms with van der Waals surface area (Å²) < 4.78 is 33.3. The number of aryl methyl sites for hydroxylation is 1. The van der Waals surface area contributed by atoms with Crippen LogP contribution in [0.4, 0.5) is 0 Å². The van der Waals surface area contributed by atoms with E-state index in [1.807, 2.05) is 30.3 Å². The third-order valence-electron chi connectivity index (χ3n) is 3.21. The maximum atomic E-state index is 12.4. The second-order valence-corrected chi connectivity index (χ2v) is 7.64. The molecule has 0 aliphatic rings. The van der Waals surface area contributed by atoms with Crippen LogP contribution in [-0.4, -0.2) is 15.5 Å². The van der Waals surface area contributed by atoms with Gasteiger partial charge < -0.3 is 4.74 Å². The first kappa shape index (κ1) is 17.1. The van der Waals surface area contributed by atoms with Gasteiger partial charge in [0.05, 0.1) is 11.5 Å². The van der Waals surface area contributed by atoms with Crippen LogP contribution in [0, 0.1) is 6.92 Å². The molecule has 0 heterocycles. The van der Waals surface area contributed by atoms with Crippen molar-refractivity contribution in [3.05, 3.63) is 63.6 Å². The van der Waals surface area contributed by atoms with E-state index in [-0.39, 0.29) is 11.4 Å². The molecule has 2 aromatic rings. The quantitative estimate of drug-likeness (QED) is 0.831. The standard InChI is InChI=1S/C16H18BrNO3S/c1-12-6-7-15(17)9-16(12)22(19,20)18-10-13-4-3-5-14(8-13)11-21-2/h3-9,18H,10-11H2,1-2H3. The topological polar surface area (TPSA) is 55.4 Å². The number of sulfonamides is 1. The van der Waals surface area contributed by atoms with Gasteiger partial charge in [0.2, 0.25) is 10.0 Å². The minimum absolute atomic E-state index is 0.242. The molecular weight excluding hydrogens is 366 g/mol. The van der Waals surface area contributed by atoms with Crippen molar-refractivity contribution >= 4 is 26.0 Å². The van der Waals surface area contributed by atoms with Gasteiger partial charge in [-0.2, -0.15) is 0 Å². The highest BCUT2D eigenvalue weighted by Gasteiger charge is 2.16. The van der Waals surface area contributed by atoms with E-state index in [0.717, 1.165) is 15.6 Å². The molecule has 0 aliphatic carbocycles. The summed E-state index contributed by atoms with van der Waals surface area (Å²) in [5.41, 5.74) is 2.62. The molecule has 22 heavy (non-hydrogen) atoms. The second kappa shape index (κ2) is 7.37. The lowest BCUT2D eigenvalue weighted by atomic mass is 10.1. The molecule has 0 aliphatic heterocycles. The van der Waals surface area contributed by atoms with Crippen molar-refractivity contribution in [1.29, 1.82) is 0 Å². The number of hydrogen-bond acceptors (Lipinski definition) is 3. The van der Waals surface area contributed by atoms with E-state index < -0.39 is 10.0 Å². The highest BCUT2D eigenvalue weighted by Crippen LogP contribution is 2.20. The number of methoxy groups -OCH3 is 1. The maximum Gasteiger partial charge on any atom is 0.241 e. The molecule has 0 fully saturated rings. The van der Waals surface area contributed by atoms with E-state index in [1.54, 1.807) is 26.2 Å². The van der Waals surface area contributed by atoms with Gasteiger partial charge in [0.1, 0.15) is 0 Å². The summed E-state index contributed by atoms with van der Waals surface area (Å²) in [7, 11) is -1.92. The fourth-order valence-corrected chi connectivity index (χ4v) is 3.91. The second-order valence-electron chi connectivity index (χ2n) is 4.99. The van der Waals surface area contributed by atoms with Gasteiger partial charge in [-0.1, -0.05) is 46.3 Å². The first-order valence-corrected chi connectivity index (χ1v) is 9.02. The lowest BCUT2D eigenvalue weighted by Crippen LogP contribution is -2.24. The minimum atomic E-state index is -3.55. The fourth-order valence-electron chi connectivity index (χ4n) is 2.12. The third kappa shape index (κ3) is 4.39. The Bertz CT molecular complexity index is 760. The molecule has 6 heteroatoms. The Morgan fingerprint density at radius 1 is 1.14 bits per heavy atom. The Morgan fingerprint density at radius 2 is 1.86 bits per heavy atom. The summed E-state index contributed by atoms with van der Waals surface area (Å²) in [6.07, 6.45) is 0. The summed E-state index contributed by atoms with van der Waals surface area (Å²) in [5, 5.41) is 0. The monoisotopic (exact) mass is 383 g/mol. The van der Waals surface area contributed by atoms with Crippen molar-refractivity contribution < 1.29 is 13.2 Å². The highest BCUT2D eigenvalue weighted by molar-refractivity contribution is 9.10. The average molecular weight is 384 g/mol. The van der Waals surface area contributed by atoms with Gasteiger partial charge in [0.15, 0.2) is 0 Å². The Balaban J connectivity index is 2.16. The van der Waals surface area contributed by atoms with Crippen molar-refractivity contribution in [1.82, 2.24) is 4.72 Å². The van der Waals surface area contributed by atoms with E-state index in [4.69, 9.17) is 4.74 Å². The predicted molar refractivity (Wildman–Crippen MR) is 90.1 cm³/mol. The Morgan fingerprint density at radius 3 is 2.59 bits per heavy atom. The molecule has 118 valence electrons. The smallest absolute Gasteiger partial charge is 0.241 e. The van der Waals surface area contributed by atoms with Crippen LogP contribution in [0.15, 0.2) is 51.8 Å². The van der Waals surface area contributed by atoms with Gasteiger partial charge in [-0.15, -0.1) is 0 Å². The van der Waals surface area contributed by atoms with Crippen LogP contribution in [0.5, 0.6) is 0 Å². The van der Waals surface area contributed by atoms with Crippen molar-refractivity contribution in [2.45, 2.75) is 25.0 Å². The van der Waals surface area contributed by atoms with E-state index in [0.29, 0.717) is 12.2 Å². The van der Waals surface area contributed by atoms with Crippen LogP contribution in [0.3, 0.4) is 0 Å². The highest BCUT2D eigenvalue weighted by atomic mass is 79.9. The molecule has 0 unspecified atom stereocenters. The third-order valence-corrected chi connectivity index (χ3v) is 5.24. The summed E-state index contributed by atoms with van der Waals surface area (Å²) in [5.74, 6) is 0. The summed E-state index contributed by atoms with van der Waals surface area (Å²) >= 11 is 3.31. The molecule has 0 atom stereocenters. The van der Waals surface area contributed by atoms with Gasteiger partial charge >= 0.3 is 0 Å². The molecule has 0 amide bonds. The van der Waals surface area contributed by atoms with Gasteiger partial charge in [-0.3, -0.25) is 0 Å². The molecule has 0 aromatic heterocycles. The van der Waals surface area contributed by atoms with Gasteiger partial charge in [-0.25, -0.2) is 13.1 Å². The lowest BCUT2D eigenvalue weighted by Gasteiger charge is -2.10. The minimum Gasteiger partial charge on any atom is -0.380 e. The van der Waals surface area contributed by atoms with Crippen molar-refractivity contribution in [3.63, 3.8) is 0 Å². The largest absolute Gasteiger partial charge is 0.380 e. The molecule has 0 radical (unpaired) electrons. The normalized spacial score (nSPS) is 11.6. The molecule has 0 bridgehead atoms. The van der Waals surface area contributed by atoms with E-state index >= 15 is 0 Å². The van der Waals surface area contributed by atoms with Crippen LogP contribution in [0.25, 0.3) is 0 Å². The summed E-state index contributed by atoms with van der Waals surface area (Å²) in [6.45, 7) is 2.53. The maximum absolute atomic E-state index is 12.4. The Hall–Kier alpha value is -1.21. The van der Waals surface area contributed by atoms with Gasteiger partial charge in [0, 0.05) is 18.1 Å². The van der Waals surface area contributed by atoms with Crippen LogP contribution >= 0.6 is 15.9 Å². The predicted octanol–water partition coefficient (Wildman–Crippen LogP) is 3.38. The number of rotatable bonds is 6. The molecule has 2 rings (SSSR count). The molecule has 1 N–H and O–H groups in total. The molecule has 0 spiro atoms. The zero-order chi connectivity index (χ0) is 16.2. The molecule has 4 nitrogen and oxygen atoms in total.